The Hall–Kier alpha value is -1.78. The SMILES string of the molecule is O=C(NCc1cscn1)[C@H](Cc1ccccc1)NS(=O)(=O)c1ccc(Cl)s1. The van der Waals surface area contributed by atoms with Gasteiger partial charge in [0.1, 0.15) is 10.3 Å². The molecule has 1 aromatic carbocycles. The Labute approximate surface area is 170 Å². The van der Waals surface area contributed by atoms with E-state index in [4.69, 9.17) is 11.6 Å². The van der Waals surface area contributed by atoms with Gasteiger partial charge in [-0.1, -0.05) is 41.9 Å². The molecule has 2 aromatic heterocycles. The first-order valence-corrected chi connectivity index (χ1v) is 11.5. The lowest BCUT2D eigenvalue weighted by Crippen LogP contribution is -2.47. The normalized spacial score (nSPS) is 12.6. The van der Waals surface area contributed by atoms with Crippen LogP contribution in [0.5, 0.6) is 0 Å². The van der Waals surface area contributed by atoms with Crippen LogP contribution in [-0.4, -0.2) is 25.4 Å². The van der Waals surface area contributed by atoms with Crippen LogP contribution in [0.15, 0.2) is 57.6 Å². The van der Waals surface area contributed by atoms with E-state index in [-0.39, 0.29) is 17.2 Å². The minimum absolute atomic E-state index is 0.0675. The fraction of sp³-hybridized carbons (Fsp3) is 0.176. The molecule has 142 valence electrons. The van der Waals surface area contributed by atoms with Gasteiger partial charge in [0, 0.05) is 5.38 Å². The zero-order valence-corrected chi connectivity index (χ0v) is 17.2. The minimum Gasteiger partial charge on any atom is -0.349 e. The topological polar surface area (TPSA) is 88.2 Å². The Morgan fingerprint density at radius 1 is 1.19 bits per heavy atom. The smallest absolute Gasteiger partial charge is 0.250 e. The van der Waals surface area contributed by atoms with Gasteiger partial charge in [-0.25, -0.2) is 13.4 Å². The van der Waals surface area contributed by atoms with Crippen molar-refractivity contribution >= 4 is 50.2 Å². The van der Waals surface area contributed by atoms with Gasteiger partial charge in [0.15, 0.2) is 0 Å². The summed E-state index contributed by atoms with van der Waals surface area (Å²) in [4.78, 5) is 16.8. The van der Waals surface area contributed by atoms with Crippen LogP contribution < -0.4 is 10.0 Å². The first-order chi connectivity index (χ1) is 12.9. The molecule has 0 radical (unpaired) electrons. The summed E-state index contributed by atoms with van der Waals surface area (Å²) in [7, 11) is -3.87. The van der Waals surface area contributed by atoms with Crippen LogP contribution in [-0.2, 0) is 27.8 Å². The summed E-state index contributed by atoms with van der Waals surface area (Å²) in [6, 6.07) is 11.2. The van der Waals surface area contributed by atoms with E-state index in [0.29, 0.717) is 4.34 Å². The highest BCUT2D eigenvalue weighted by Crippen LogP contribution is 2.25. The number of thiazole rings is 1. The maximum atomic E-state index is 12.7. The molecule has 0 aliphatic carbocycles. The zero-order valence-electron chi connectivity index (χ0n) is 14.0. The summed E-state index contributed by atoms with van der Waals surface area (Å²) in [5, 5.41) is 4.56. The number of carbonyl (C=O) groups is 1. The van der Waals surface area contributed by atoms with E-state index in [1.54, 1.807) is 5.51 Å². The molecule has 1 atom stereocenters. The molecule has 2 heterocycles. The molecule has 10 heteroatoms. The predicted octanol–water partition coefficient (Wildman–Crippen LogP) is 3.06. The predicted molar refractivity (Wildman–Crippen MR) is 108 cm³/mol. The molecule has 0 saturated carbocycles. The minimum atomic E-state index is -3.87. The maximum absolute atomic E-state index is 12.7. The van der Waals surface area contributed by atoms with Crippen molar-refractivity contribution in [3.63, 3.8) is 0 Å². The summed E-state index contributed by atoms with van der Waals surface area (Å²) in [5.41, 5.74) is 3.24. The second kappa shape index (κ2) is 8.94. The number of halogens is 1. The van der Waals surface area contributed by atoms with Gasteiger partial charge < -0.3 is 5.32 Å². The number of nitrogens with one attached hydrogen (secondary N) is 2. The van der Waals surface area contributed by atoms with Gasteiger partial charge in [-0.05, 0) is 24.1 Å². The maximum Gasteiger partial charge on any atom is 0.250 e. The first kappa shape index (κ1) is 20.0. The van der Waals surface area contributed by atoms with Crippen molar-refractivity contribution < 1.29 is 13.2 Å². The third kappa shape index (κ3) is 5.60. The number of carbonyl (C=O) groups excluding carboxylic acids is 1. The highest BCUT2D eigenvalue weighted by Gasteiger charge is 2.27. The average Bonchev–Trinajstić information content (AvgIpc) is 3.31. The molecule has 0 aliphatic rings. The van der Waals surface area contributed by atoms with Crippen LogP contribution in [0.3, 0.4) is 0 Å². The Balaban J connectivity index is 1.77. The number of hydrogen-bond acceptors (Lipinski definition) is 6. The van der Waals surface area contributed by atoms with Crippen molar-refractivity contribution in [2.75, 3.05) is 0 Å². The van der Waals surface area contributed by atoms with Crippen molar-refractivity contribution in [1.29, 1.82) is 0 Å². The second-order valence-corrected chi connectivity index (χ2v) is 9.99. The number of nitrogens with zero attached hydrogens (tertiary/aromatic N) is 1. The van der Waals surface area contributed by atoms with Crippen molar-refractivity contribution in [3.8, 4) is 0 Å². The van der Waals surface area contributed by atoms with E-state index in [0.717, 1.165) is 22.6 Å². The van der Waals surface area contributed by atoms with E-state index in [1.165, 1.54) is 23.5 Å². The molecule has 27 heavy (non-hydrogen) atoms. The third-order valence-electron chi connectivity index (χ3n) is 3.64. The summed E-state index contributed by atoms with van der Waals surface area (Å²) < 4.78 is 28.2. The largest absolute Gasteiger partial charge is 0.349 e. The van der Waals surface area contributed by atoms with Crippen molar-refractivity contribution in [3.05, 3.63) is 68.9 Å². The van der Waals surface area contributed by atoms with Crippen LogP contribution in [0.1, 0.15) is 11.3 Å². The van der Waals surface area contributed by atoms with Crippen molar-refractivity contribution in [1.82, 2.24) is 15.0 Å². The fourth-order valence-electron chi connectivity index (χ4n) is 2.35. The molecule has 2 N–H and O–H groups in total. The first-order valence-electron chi connectivity index (χ1n) is 7.90. The molecule has 0 unspecified atom stereocenters. The monoisotopic (exact) mass is 441 g/mol. The molecule has 3 rings (SSSR count). The molecule has 0 saturated heterocycles. The Bertz CT molecular complexity index is 989. The van der Waals surface area contributed by atoms with E-state index in [2.05, 4.69) is 15.0 Å². The van der Waals surface area contributed by atoms with E-state index >= 15 is 0 Å². The molecule has 0 spiro atoms. The lowest BCUT2D eigenvalue weighted by molar-refractivity contribution is -0.122. The highest BCUT2D eigenvalue weighted by atomic mass is 35.5. The number of thiophene rings is 1. The van der Waals surface area contributed by atoms with Gasteiger partial charge in [-0.2, -0.15) is 4.72 Å². The lowest BCUT2D eigenvalue weighted by atomic mass is 10.1. The van der Waals surface area contributed by atoms with Crippen LogP contribution in [0.4, 0.5) is 0 Å². The lowest BCUT2D eigenvalue weighted by Gasteiger charge is -2.18. The Kier molecular flexibility index (Phi) is 6.61. The van der Waals surface area contributed by atoms with E-state index in [9.17, 15) is 13.2 Å². The molecule has 0 aliphatic heterocycles. The number of sulfonamides is 1. The zero-order chi connectivity index (χ0) is 19.3. The molecule has 3 aromatic rings. The van der Waals surface area contributed by atoms with Gasteiger partial charge in [-0.3, -0.25) is 4.79 Å². The Morgan fingerprint density at radius 3 is 2.59 bits per heavy atom. The molecule has 1 amide bonds. The van der Waals surface area contributed by atoms with Crippen LogP contribution in [0, 0.1) is 0 Å². The van der Waals surface area contributed by atoms with Gasteiger partial charge in [0.05, 0.1) is 22.1 Å². The standard InChI is InChI=1S/C17H16ClN3O3S3/c18-15-6-7-16(26-15)27(23,24)21-14(8-12-4-2-1-3-5-12)17(22)19-9-13-10-25-11-20-13/h1-7,10-11,14,21H,8-9H2,(H,19,22)/t14-/m0/s1. The molecular formula is C17H16ClN3O3S3. The van der Waals surface area contributed by atoms with Crippen LogP contribution in [0.25, 0.3) is 0 Å². The Morgan fingerprint density at radius 2 is 1.96 bits per heavy atom. The van der Waals surface area contributed by atoms with Gasteiger partial charge in [0.25, 0.3) is 10.0 Å². The van der Waals surface area contributed by atoms with Gasteiger partial charge >= 0.3 is 0 Å². The summed E-state index contributed by atoms with van der Waals surface area (Å²) in [6.45, 7) is 0.236. The number of amides is 1. The summed E-state index contributed by atoms with van der Waals surface area (Å²) >= 11 is 8.21. The van der Waals surface area contributed by atoms with Gasteiger partial charge in [0.2, 0.25) is 5.91 Å². The fourth-order valence-corrected chi connectivity index (χ4v) is 5.60. The molecular weight excluding hydrogens is 426 g/mol. The molecule has 0 fully saturated rings. The van der Waals surface area contributed by atoms with E-state index in [1.807, 2.05) is 35.7 Å². The average molecular weight is 442 g/mol. The van der Waals surface area contributed by atoms with Crippen LogP contribution in [0.2, 0.25) is 4.34 Å². The number of benzene rings is 1. The van der Waals surface area contributed by atoms with Gasteiger partial charge in [-0.15, -0.1) is 22.7 Å². The molecule has 0 bridgehead atoms. The molecule has 6 nitrogen and oxygen atoms in total. The van der Waals surface area contributed by atoms with Crippen molar-refractivity contribution in [2.24, 2.45) is 0 Å². The quantitative estimate of drug-likeness (QED) is 0.562. The number of rotatable bonds is 8. The number of hydrogen-bond donors (Lipinski definition) is 2. The summed E-state index contributed by atoms with van der Waals surface area (Å²) in [6.07, 6.45) is 0.224. The van der Waals surface area contributed by atoms with Crippen molar-refractivity contribution in [2.45, 2.75) is 23.2 Å². The summed E-state index contributed by atoms with van der Waals surface area (Å²) in [5.74, 6) is -0.418. The third-order valence-corrected chi connectivity index (χ3v) is 7.47. The van der Waals surface area contributed by atoms with E-state index < -0.39 is 22.0 Å². The van der Waals surface area contributed by atoms with Crippen LogP contribution >= 0.6 is 34.3 Å². The number of aromatic nitrogens is 1. The highest BCUT2D eigenvalue weighted by molar-refractivity contribution is 7.91. The second-order valence-electron chi connectivity index (χ2n) is 5.62.